The van der Waals surface area contributed by atoms with Crippen LogP contribution < -0.4 is 0 Å². The third-order valence-electron chi connectivity index (χ3n) is 1.73. The van der Waals surface area contributed by atoms with Crippen LogP contribution >= 0.6 is 0 Å². The summed E-state index contributed by atoms with van der Waals surface area (Å²) < 4.78 is 4.94. The van der Waals surface area contributed by atoms with Gasteiger partial charge in [-0.25, -0.2) is 0 Å². The number of likely N-dealkylation sites (N-methyl/N-ethyl adjacent to an activating group) is 2. The Bertz CT molecular complexity index is 204. The van der Waals surface area contributed by atoms with Crippen molar-refractivity contribution in [2.45, 2.75) is 6.92 Å². The third-order valence-corrected chi connectivity index (χ3v) is 1.73. The number of nitrogens with zero attached hydrogens (tertiary/aromatic N) is 2. The summed E-state index contributed by atoms with van der Waals surface area (Å²) in [6, 6.07) is 0. The summed E-state index contributed by atoms with van der Waals surface area (Å²) in [4.78, 5) is 25.3. The van der Waals surface area contributed by atoms with E-state index in [1.165, 1.54) is 9.80 Å². The first kappa shape index (κ1) is 12.9. The minimum absolute atomic E-state index is 0.0354. The first-order valence-corrected chi connectivity index (χ1v) is 4.50. The Morgan fingerprint density at radius 3 is 2.14 bits per heavy atom. The summed E-state index contributed by atoms with van der Waals surface area (Å²) in [6.45, 7) is 2.45. The van der Waals surface area contributed by atoms with Crippen LogP contribution in [0.2, 0.25) is 0 Å². The first-order chi connectivity index (χ1) is 6.49. The molecule has 14 heavy (non-hydrogen) atoms. The third kappa shape index (κ3) is 4.81. The minimum Gasteiger partial charge on any atom is -0.372 e. The van der Waals surface area contributed by atoms with Gasteiger partial charge in [0.05, 0.1) is 6.54 Å². The molecule has 0 aliphatic heterocycles. The molecular formula is C9H18N2O3. The van der Waals surface area contributed by atoms with Crippen LogP contribution in [0.4, 0.5) is 0 Å². The molecule has 0 heterocycles. The van der Waals surface area contributed by atoms with Crippen molar-refractivity contribution in [3.8, 4) is 0 Å². The molecule has 0 aromatic heterocycles. The van der Waals surface area contributed by atoms with Crippen LogP contribution in [0.1, 0.15) is 6.92 Å². The fourth-order valence-corrected chi connectivity index (χ4v) is 0.732. The van der Waals surface area contributed by atoms with Gasteiger partial charge in [-0.1, -0.05) is 0 Å². The molecule has 0 rings (SSSR count). The van der Waals surface area contributed by atoms with Crippen LogP contribution in [0.25, 0.3) is 0 Å². The molecule has 2 amide bonds. The van der Waals surface area contributed by atoms with Crippen molar-refractivity contribution in [3.63, 3.8) is 0 Å². The molecule has 5 heteroatoms. The van der Waals surface area contributed by atoms with E-state index in [2.05, 4.69) is 0 Å². The van der Waals surface area contributed by atoms with Crippen LogP contribution in [0.5, 0.6) is 0 Å². The zero-order chi connectivity index (χ0) is 11.1. The molecule has 0 aliphatic rings. The van der Waals surface area contributed by atoms with E-state index < -0.39 is 0 Å². The summed E-state index contributed by atoms with van der Waals surface area (Å²) in [5.41, 5.74) is 0. The summed E-state index contributed by atoms with van der Waals surface area (Å²) >= 11 is 0. The van der Waals surface area contributed by atoms with E-state index in [0.717, 1.165) is 0 Å². The Labute approximate surface area is 84.6 Å². The van der Waals surface area contributed by atoms with Gasteiger partial charge >= 0.3 is 0 Å². The highest BCUT2D eigenvalue weighted by molar-refractivity contribution is 5.84. The lowest BCUT2D eigenvalue weighted by Crippen LogP contribution is -2.39. The summed E-state index contributed by atoms with van der Waals surface area (Å²) in [6.07, 6.45) is 0. The van der Waals surface area contributed by atoms with E-state index in [-0.39, 0.29) is 25.0 Å². The van der Waals surface area contributed by atoms with Gasteiger partial charge in [-0.2, -0.15) is 0 Å². The second-order valence-corrected chi connectivity index (χ2v) is 3.18. The van der Waals surface area contributed by atoms with Crippen LogP contribution in [-0.4, -0.2) is 62.5 Å². The number of rotatable bonds is 5. The fourth-order valence-electron chi connectivity index (χ4n) is 0.732. The molecule has 0 aliphatic carbocycles. The van der Waals surface area contributed by atoms with E-state index in [0.29, 0.717) is 6.61 Å². The highest BCUT2D eigenvalue weighted by atomic mass is 16.5. The lowest BCUT2D eigenvalue weighted by molar-refractivity contribution is -0.140. The average Bonchev–Trinajstić information content (AvgIpc) is 2.13. The summed E-state index contributed by atoms with van der Waals surface area (Å²) in [5, 5.41) is 0. The number of carbonyl (C=O) groups is 2. The van der Waals surface area contributed by atoms with E-state index in [1.807, 2.05) is 6.92 Å². The zero-order valence-electron chi connectivity index (χ0n) is 9.24. The SMILES string of the molecule is CCOCC(=O)N(C)CC(=O)N(C)C. The number of carbonyl (C=O) groups excluding carboxylic acids is 2. The molecule has 0 unspecified atom stereocenters. The highest BCUT2D eigenvalue weighted by Gasteiger charge is 2.13. The van der Waals surface area contributed by atoms with Crippen LogP contribution in [0, 0.1) is 0 Å². The molecule has 0 spiro atoms. The van der Waals surface area contributed by atoms with Gasteiger partial charge in [0.15, 0.2) is 0 Å². The summed E-state index contributed by atoms with van der Waals surface area (Å²) in [7, 11) is 4.90. The van der Waals surface area contributed by atoms with Gasteiger partial charge in [0.25, 0.3) is 0 Å². The highest BCUT2D eigenvalue weighted by Crippen LogP contribution is 1.89. The molecular weight excluding hydrogens is 184 g/mol. The standard InChI is InChI=1S/C9H18N2O3/c1-5-14-7-9(13)11(4)6-8(12)10(2)3/h5-7H2,1-4H3. The largest absolute Gasteiger partial charge is 0.372 e. The smallest absolute Gasteiger partial charge is 0.248 e. The van der Waals surface area contributed by atoms with Crippen molar-refractivity contribution in [3.05, 3.63) is 0 Å². The van der Waals surface area contributed by atoms with Crippen molar-refractivity contribution in [2.75, 3.05) is 40.9 Å². The van der Waals surface area contributed by atoms with Crippen molar-refractivity contribution in [2.24, 2.45) is 0 Å². The van der Waals surface area contributed by atoms with Crippen molar-refractivity contribution in [1.82, 2.24) is 9.80 Å². The quantitative estimate of drug-likeness (QED) is 0.608. The van der Waals surface area contributed by atoms with Gasteiger partial charge in [-0.3, -0.25) is 9.59 Å². The molecule has 82 valence electrons. The van der Waals surface area contributed by atoms with E-state index >= 15 is 0 Å². The average molecular weight is 202 g/mol. The van der Waals surface area contributed by atoms with Crippen LogP contribution in [0.3, 0.4) is 0 Å². The van der Waals surface area contributed by atoms with Crippen molar-refractivity contribution in [1.29, 1.82) is 0 Å². The second kappa shape index (κ2) is 6.37. The van der Waals surface area contributed by atoms with E-state index in [1.54, 1.807) is 21.1 Å². The lowest BCUT2D eigenvalue weighted by atomic mass is 10.4. The van der Waals surface area contributed by atoms with Crippen LogP contribution in [-0.2, 0) is 14.3 Å². The molecule has 0 bridgehead atoms. The fraction of sp³-hybridized carbons (Fsp3) is 0.778. The predicted octanol–water partition coefficient (Wildman–Crippen LogP) is -0.430. The number of hydrogen-bond donors (Lipinski definition) is 0. The Balaban J connectivity index is 3.89. The predicted molar refractivity (Wildman–Crippen MR) is 52.8 cm³/mol. The Kier molecular flexibility index (Phi) is 5.87. The first-order valence-electron chi connectivity index (χ1n) is 4.50. The molecule has 0 saturated carbocycles. The maximum absolute atomic E-state index is 11.3. The maximum atomic E-state index is 11.3. The minimum atomic E-state index is -0.179. The molecule has 0 atom stereocenters. The van der Waals surface area contributed by atoms with Gasteiger partial charge in [0, 0.05) is 27.7 Å². The number of hydrogen-bond acceptors (Lipinski definition) is 3. The maximum Gasteiger partial charge on any atom is 0.248 e. The Hall–Kier alpha value is -1.10. The number of amides is 2. The molecule has 5 nitrogen and oxygen atoms in total. The Morgan fingerprint density at radius 1 is 1.14 bits per heavy atom. The number of ether oxygens (including phenoxy) is 1. The lowest BCUT2D eigenvalue weighted by Gasteiger charge is -2.18. The molecule has 0 aromatic carbocycles. The summed E-state index contributed by atoms with van der Waals surface area (Å²) in [5.74, 6) is -0.278. The second-order valence-electron chi connectivity index (χ2n) is 3.18. The van der Waals surface area contributed by atoms with Crippen molar-refractivity contribution < 1.29 is 14.3 Å². The van der Waals surface area contributed by atoms with Crippen LogP contribution in [0.15, 0.2) is 0 Å². The molecule has 0 fully saturated rings. The molecule has 0 radical (unpaired) electrons. The van der Waals surface area contributed by atoms with Gasteiger partial charge in [-0.05, 0) is 6.92 Å². The monoisotopic (exact) mass is 202 g/mol. The molecule has 0 N–H and O–H groups in total. The van der Waals surface area contributed by atoms with Gasteiger partial charge in [0.1, 0.15) is 6.61 Å². The van der Waals surface area contributed by atoms with Gasteiger partial charge in [-0.15, -0.1) is 0 Å². The topological polar surface area (TPSA) is 49.9 Å². The van der Waals surface area contributed by atoms with Gasteiger partial charge < -0.3 is 14.5 Å². The zero-order valence-corrected chi connectivity index (χ0v) is 9.24. The normalized spacial score (nSPS) is 9.71. The molecule has 0 aromatic rings. The van der Waals surface area contributed by atoms with E-state index in [4.69, 9.17) is 4.74 Å². The van der Waals surface area contributed by atoms with Gasteiger partial charge in [0.2, 0.25) is 11.8 Å². The van der Waals surface area contributed by atoms with Crippen molar-refractivity contribution >= 4 is 11.8 Å². The molecule has 0 saturated heterocycles. The Morgan fingerprint density at radius 2 is 1.71 bits per heavy atom. The van der Waals surface area contributed by atoms with E-state index in [9.17, 15) is 9.59 Å².